The Labute approximate surface area is 176 Å². The lowest BCUT2D eigenvalue weighted by molar-refractivity contribution is -0.137. The fourth-order valence-corrected chi connectivity index (χ4v) is 3.41. The number of rotatable bonds is 4. The second kappa shape index (κ2) is 8.21. The largest absolute Gasteiger partial charge is 0.416 e. The molecule has 2 aromatic carbocycles. The second-order valence-corrected chi connectivity index (χ2v) is 7.15. The van der Waals surface area contributed by atoms with E-state index in [1.54, 1.807) is 24.3 Å². The fourth-order valence-electron chi connectivity index (χ4n) is 3.41. The maximum absolute atomic E-state index is 13.1. The van der Waals surface area contributed by atoms with E-state index in [4.69, 9.17) is 0 Å². The molecule has 160 valence electrons. The van der Waals surface area contributed by atoms with Gasteiger partial charge in [0.05, 0.1) is 5.56 Å². The standard InChI is InChI=1S/C21H19F3N6O/c1-13(31)27-17-3-2-4-18(10-17)28-19-25-12-26-20(29-19)30-8-7-14-5-6-16(21(22,23)24)9-15(14)11-30/h2-6,9-10,12H,7-8,11H2,1H3,(H,27,31)(H,25,26,28,29). The molecule has 0 saturated carbocycles. The Kier molecular flexibility index (Phi) is 5.45. The highest BCUT2D eigenvalue weighted by atomic mass is 19.4. The van der Waals surface area contributed by atoms with Crippen LogP contribution in [0.15, 0.2) is 48.8 Å². The van der Waals surface area contributed by atoms with Gasteiger partial charge in [-0.15, -0.1) is 0 Å². The summed E-state index contributed by atoms with van der Waals surface area (Å²) in [7, 11) is 0. The summed E-state index contributed by atoms with van der Waals surface area (Å²) in [5.74, 6) is 0.483. The number of alkyl halides is 3. The first-order chi connectivity index (χ1) is 14.8. The third-order valence-corrected chi connectivity index (χ3v) is 4.83. The summed E-state index contributed by atoms with van der Waals surface area (Å²) in [5.41, 5.74) is 2.14. The Hall–Kier alpha value is -3.69. The molecule has 0 unspecified atom stereocenters. The summed E-state index contributed by atoms with van der Waals surface area (Å²) in [6.45, 7) is 2.29. The van der Waals surface area contributed by atoms with E-state index in [0.29, 0.717) is 41.8 Å². The molecular formula is C21H19F3N6O. The molecule has 3 aromatic rings. The Balaban J connectivity index is 1.52. The van der Waals surface area contributed by atoms with E-state index in [-0.39, 0.29) is 12.5 Å². The molecule has 2 heterocycles. The van der Waals surface area contributed by atoms with Gasteiger partial charge in [0, 0.05) is 31.4 Å². The summed E-state index contributed by atoms with van der Waals surface area (Å²) in [4.78, 5) is 25.8. The summed E-state index contributed by atoms with van der Waals surface area (Å²) in [6.07, 6.45) is -2.43. The van der Waals surface area contributed by atoms with Crippen molar-refractivity contribution in [1.29, 1.82) is 0 Å². The Bertz CT molecular complexity index is 1120. The van der Waals surface area contributed by atoms with Crippen molar-refractivity contribution in [3.63, 3.8) is 0 Å². The van der Waals surface area contributed by atoms with Crippen LogP contribution in [0.4, 0.5) is 36.4 Å². The van der Waals surface area contributed by atoms with E-state index in [0.717, 1.165) is 11.6 Å². The van der Waals surface area contributed by atoms with Gasteiger partial charge in [-0.1, -0.05) is 12.1 Å². The first-order valence-corrected chi connectivity index (χ1v) is 9.55. The SMILES string of the molecule is CC(=O)Nc1cccc(Nc2ncnc(N3CCc4ccc(C(F)(F)F)cc4C3)n2)c1. The van der Waals surface area contributed by atoms with Crippen molar-refractivity contribution in [2.75, 3.05) is 22.1 Å². The Morgan fingerprint density at radius 1 is 1.06 bits per heavy atom. The van der Waals surface area contributed by atoms with Gasteiger partial charge in [-0.05, 0) is 47.9 Å². The monoisotopic (exact) mass is 428 g/mol. The maximum Gasteiger partial charge on any atom is 0.416 e. The highest BCUT2D eigenvalue weighted by Gasteiger charge is 2.32. The second-order valence-electron chi connectivity index (χ2n) is 7.15. The van der Waals surface area contributed by atoms with E-state index in [9.17, 15) is 18.0 Å². The van der Waals surface area contributed by atoms with Gasteiger partial charge in [0.2, 0.25) is 17.8 Å². The van der Waals surface area contributed by atoms with Crippen LogP contribution in [-0.2, 0) is 23.9 Å². The summed E-state index contributed by atoms with van der Waals surface area (Å²) < 4.78 is 39.2. The summed E-state index contributed by atoms with van der Waals surface area (Å²) in [5, 5.41) is 5.75. The van der Waals surface area contributed by atoms with Crippen molar-refractivity contribution in [2.24, 2.45) is 0 Å². The number of nitrogens with zero attached hydrogens (tertiary/aromatic N) is 4. The molecule has 1 amide bonds. The number of anilines is 4. The molecule has 0 saturated heterocycles. The average Bonchev–Trinajstić information content (AvgIpc) is 2.72. The molecule has 4 rings (SSSR count). The minimum atomic E-state index is -4.38. The molecule has 10 heteroatoms. The van der Waals surface area contributed by atoms with Crippen LogP contribution in [-0.4, -0.2) is 27.4 Å². The number of nitrogens with one attached hydrogen (secondary N) is 2. The van der Waals surface area contributed by atoms with Crippen LogP contribution in [0.3, 0.4) is 0 Å². The van der Waals surface area contributed by atoms with E-state index < -0.39 is 11.7 Å². The number of halogens is 3. The van der Waals surface area contributed by atoms with E-state index in [2.05, 4.69) is 25.6 Å². The van der Waals surface area contributed by atoms with Crippen molar-refractivity contribution in [2.45, 2.75) is 26.1 Å². The van der Waals surface area contributed by atoms with E-state index >= 15 is 0 Å². The molecule has 0 radical (unpaired) electrons. The van der Waals surface area contributed by atoms with Gasteiger partial charge in [0.25, 0.3) is 0 Å². The molecule has 0 fully saturated rings. The molecule has 2 N–H and O–H groups in total. The van der Waals surface area contributed by atoms with Crippen LogP contribution < -0.4 is 15.5 Å². The predicted molar refractivity (Wildman–Crippen MR) is 110 cm³/mol. The fraction of sp³-hybridized carbons (Fsp3) is 0.238. The topological polar surface area (TPSA) is 83.0 Å². The number of aromatic nitrogens is 3. The van der Waals surface area contributed by atoms with Crippen LogP contribution in [0.2, 0.25) is 0 Å². The molecule has 0 atom stereocenters. The highest BCUT2D eigenvalue weighted by molar-refractivity contribution is 5.89. The molecule has 1 aromatic heterocycles. The third kappa shape index (κ3) is 4.90. The van der Waals surface area contributed by atoms with Gasteiger partial charge in [-0.2, -0.15) is 18.2 Å². The molecular weight excluding hydrogens is 409 g/mol. The average molecular weight is 428 g/mol. The van der Waals surface area contributed by atoms with Crippen LogP contribution >= 0.6 is 0 Å². The first-order valence-electron chi connectivity index (χ1n) is 9.55. The lowest BCUT2D eigenvalue weighted by Crippen LogP contribution is -2.32. The Morgan fingerprint density at radius 3 is 2.65 bits per heavy atom. The number of hydrogen-bond acceptors (Lipinski definition) is 6. The Morgan fingerprint density at radius 2 is 1.87 bits per heavy atom. The third-order valence-electron chi connectivity index (χ3n) is 4.83. The van der Waals surface area contributed by atoms with Crippen molar-refractivity contribution in [1.82, 2.24) is 15.0 Å². The maximum atomic E-state index is 13.1. The lowest BCUT2D eigenvalue weighted by atomic mass is 9.97. The number of amides is 1. The van der Waals surface area contributed by atoms with E-state index in [1.165, 1.54) is 25.4 Å². The van der Waals surface area contributed by atoms with Gasteiger partial charge >= 0.3 is 6.18 Å². The van der Waals surface area contributed by atoms with Gasteiger partial charge in [0.1, 0.15) is 6.33 Å². The zero-order chi connectivity index (χ0) is 22.0. The van der Waals surface area contributed by atoms with Crippen molar-refractivity contribution in [3.05, 3.63) is 65.5 Å². The predicted octanol–water partition coefficient (Wildman–Crippen LogP) is 4.16. The zero-order valence-corrected chi connectivity index (χ0v) is 16.6. The smallest absolute Gasteiger partial charge is 0.336 e. The van der Waals surface area contributed by atoms with Crippen LogP contribution in [0.25, 0.3) is 0 Å². The van der Waals surface area contributed by atoms with Crippen LogP contribution in [0.5, 0.6) is 0 Å². The summed E-state index contributed by atoms with van der Waals surface area (Å²) in [6, 6.07) is 10.9. The van der Waals surface area contributed by atoms with Crippen molar-refractivity contribution < 1.29 is 18.0 Å². The van der Waals surface area contributed by atoms with Crippen LogP contribution in [0.1, 0.15) is 23.6 Å². The quantitative estimate of drug-likeness (QED) is 0.650. The number of benzene rings is 2. The number of carbonyl (C=O) groups excluding carboxylic acids is 1. The zero-order valence-electron chi connectivity index (χ0n) is 16.6. The van der Waals surface area contributed by atoms with Gasteiger partial charge in [-0.25, -0.2) is 9.97 Å². The first kappa shape index (κ1) is 20.6. The van der Waals surface area contributed by atoms with Gasteiger partial charge in [-0.3, -0.25) is 4.79 Å². The highest BCUT2D eigenvalue weighted by Crippen LogP contribution is 2.32. The van der Waals surface area contributed by atoms with E-state index in [1.807, 2.05) is 4.90 Å². The summed E-state index contributed by atoms with van der Waals surface area (Å²) >= 11 is 0. The van der Waals surface area contributed by atoms with Crippen LogP contribution in [0, 0.1) is 0 Å². The molecule has 0 bridgehead atoms. The van der Waals surface area contributed by atoms with Gasteiger partial charge in [0.15, 0.2) is 0 Å². The number of fused-ring (bicyclic) bond motifs is 1. The normalized spacial score (nSPS) is 13.5. The molecule has 31 heavy (non-hydrogen) atoms. The van der Waals surface area contributed by atoms with Crippen molar-refractivity contribution >= 4 is 29.2 Å². The number of hydrogen-bond donors (Lipinski definition) is 2. The molecule has 0 aliphatic carbocycles. The molecule has 1 aliphatic heterocycles. The molecule has 0 spiro atoms. The van der Waals surface area contributed by atoms with Crippen molar-refractivity contribution in [3.8, 4) is 0 Å². The lowest BCUT2D eigenvalue weighted by Gasteiger charge is -2.29. The van der Waals surface area contributed by atoms with Gasteiger partial charge < -0.3 is 15.5 Å². The molecule has 7 nitrogen and oxygen atoms in total. The minimum absolute atomic E-state index is 0.182. The number of carbonyl (C=O) groups is 1. The molecule has 1 aliphatic rings. The minimum Gasteiger partial charge on any atom is -0.336 e.